The minimum atomic E-state index is -4.78. The van der Waals surface area contributed by atoms with E-state index >= 15 is 0 Å². The van der Waals surface area contributed by atoms with E-state index in [-0.39, 0.29) is 12.2 Å². The van der Waals surface area contributed by atoms with Gasteiger partial charge in [-0.15, -0.1) is 13.2 Å². The summed E-state index contributed by atoms with van der Waals surface area (Å²) in [6, 6.07) is 4.99. The Morgan fingerprint density at radius 1 is 1.43 bits per heavy atom. The number of carbonyl (C=O) groups excluding carboxylic acids is 1. The summed E-state index contributed by atoms with van der Waals surface area (Å²) in [5.41, 5.74) is 6.04. The predicted octanol–water partition coefficient (Wildman–Crippen LogP) is 2.00. The number of anilines is 2. The number of hydrogen-bond donors (Lipinski definition) is 2. The number of amides is 1. The lowest BCUT2D eigenvalue weighted by Gasteiger charge is -2.10. The van der Waals surface area contributed by atoms with Gasteiger partial charge in [-0.1, -0.05) is 6.07 Å². The van der Waals surface area contributed by atoms with Gasteiger partial charge in [0.15, 0.2) is 0 Å². The molecule has 0 spiro atoms. The third kappa shape index (κ3) is 4.71. The Hall–Kier alpha value is -2.71. The summed E-state index contributed by atoms with van der Waals surface area (Å²) in [4.78, 5) is 11.7. The van der Waals surface area contributed by atoms with E-state index in [2.05, 4.69) is 15.2 Å². The van der Waals surface area contributed by atoms with Crippen molar-refractivity contribution in [1.29, 1.82) is 0 Å². The van der Waals surface area contributed by atoms with Crippen LogP contribution in [0, 0.1) is 0 Å². The molecule has 112 valence electrons. The monoisotopic (exact) mass is 300 g/mol. The Bertz CT molecular complexity index is 639. The zero-order chi connectivity index (χ0) is 15.5. The summed E-state index contributed by atoms with van der Waals surface area (Å²) in [5, 5.41) is 6.26. The van der Waals surface area contributed by atoms with Gasteiger partial charge >= 0.3 is 6.36 Å². The molecule has 0 saturated heterocycles. The molecule has 0 aliphatic carbocycles. The summed E-state index contributed by atoms with van der Waals surface area (Å²) in [7, 11) is 0. The normalized spacial score (nSPS) is 11.2. The third-order valence-corrected chi connectivity index (χ3v) is 2.31. The van der Waals surface area contributed by atoms with Crippen molar-refractivity contribution < 1.29 is 22.7 Å². The number of nitrogens with one attached hydrogen (secondary N) is 1. The summed E-state index contributed by atoms with van der Waals surface area (Å²) < 4.78 is 41.3. The van der Waals surface area contributed by atoms with Gasteiger partial charge < -0.3 is 15.8 Å². The molecule has 0 atom stereocenters. The molecule has 1 aromatic heterocycles. The first-order valence-electron chi connectivity index (χ1n) is 5.75. The molecular weight excluding hydrogens is 289 g/mol. The fourth-order valence-electron chi connectivity index (χ4n) is 1.58. The second-order valence-corrected chi connectivity index (χ2v) is 4.10. The molecule has 1 heterocycles. The van der Waals surface area contributed by atoms with E-state index < -0.39 is 18.0 Å². The molecule has 1 aromatic carbocycles. The van der Waals surface area contributed by atoms with E-state index in [1.807, 2.05) is 0 Å². The van der Waals surface area contributed by atoms with Crippen molar-refractivity contribution in [2.45, 2.75) is 12.9 Å². The van der Waals surface area contributed by atoms with Crippen molar-refractivity contribution in [2.24, 2.45) is 0 Å². The first-order valence-corrected chi connectivity index (χ1v) is 5.75. The van der Waals surface area contributed by atoms with Crippen molar-refractivity contribution in [2.75, 3.05) is 11.1 Å². The van der Waals surface area contributed by atoms with Crippen LogP contribution in [0.15, 0.2) is 36.7 Å². The number of nitrogen functional groups attached to an aromatic ring is 1. The quantitative estimate of drug-likeness (QED) is 0.905. The van der Waals surface area contributed by atoms with Gasteiger partial charge in [-0.2, -0.15) is 5.10 Å². The van der Waals surface area contributed by atoms with Crippen molar-refractivity contribution in [3.05, 3.63) is 36.7 Å². The van der Waals surface area contributed by atoms with Crippen LogP contribution >= 0.6 is 0 Å². The number of carbonyl (C=O) groups is 1. The number of hydrogen-bond acceptors (Lipinski definition) is 4. The number of ether oxygens (including phenoxy) is 1. The average molecular weight is 300 g/mol. The summed E-state index contributed by atoms with van der Waals surface area (Å²) in [6.45, 7) is -0.110. The first-order chi connectivity index (χ1) is 9.82. The van der Waals surface area contributed by atoms with Gasteiger partial charge in [0.05, 0.1) is 11.9 Å². The van der Waals surface area contributed by atoms with Crippen LogP contribution in [0.4, 0.5) is 24.5 Å². The standard InChI is InChI=1S/C12H11F3N4O2/c13-12(14,15)21-10-3-1-2-9(4-10)18-11(20)7-19-6-8(16)5-17-19/h1-6H,7,16H2,(H,18,20). The zero-order valence-electron chi connectivity index (χ0n) is 10.6. The lowest BCUT2D eigenvalue weighted by Crippen LogP contribution is -2.19. The van der Waals surface area contributed by atoms with Crippen LogP contribution in [-0.2, 0) is 11.3 Å². The van der Waals surface area contributed by atoms with Gasteiger partial charge in [-0.25, -0.2) is 0 Å². The lowest BCUT2D eigenvalue weighted by atomic mass is 10.3. The van der Waals surface area contributed by atoms with Gasteiger partial charge in [0.25, 0.3) is 0 Å². The van der Waals surface area contributed by atoms with E-state index in [1.165, 1.54) is 29.2 Å². The smallest absolute Gasteiger partial charge is 0.406 e. The number of nitrogens with zero attached hydrogens (tertiary/aromatic N) is 2. The maximum Gasteiger partial charge on any atom is 0.573 e. The van der Waals surface area contributed by atoms with E-state index in [9.17, 15) is 18.0 Å². The Morgan fingerprint density at radius 2 is 2.19 bits per heavy atom. The lowest BCUT2D eigenvalue weighted by molar-refractivity contribution is -0.274. The Kier molecular flexibility index (Phi) is 4.01. The fraction of sp³-hybridized carbons (Fsp3) is 0.167. The van der Waals surface area contributed by atoms with Crippen LogP contribution < -0.4 is 15.8 Å². The minimum absolute atomic E-state index is 0.110. The number of aromatic nitrogens is 2. The number of rotatable bonds is 4. The van der Waals surface area contributed by atoms with Gasteiger partial charge in [-0.3, -0.25) is 9.48 Å². The van der Waals surface area contributed by atoms with E-state index in [1.54, 1.807) is 0 Å². The second-order valence-electron chi connectivity index (χ2n) is 4.10. The molecule has 1 amide bonds. The van der Waals surface area contributed by atoms with Gasteiger partial charge in [0.1, 0.15) is 12.3 Å². The molecule has 0 radical (unpaired) electrons. The number of nitrogens with two attached hydrogens (primary N) is 1. The number of alkyl halides is 3. The molecule has 0 aliphatic heterocycles. The van der Waals surface area contributed by atoms with E-state index in [0.717, 1.165) is 12.1 Å². The Morgan fingerprint density at radius 3 is 2.81 bits per heavy atom. The predicted molar refractivity (Wildman–Crippen MR) is 68.4 cm³/mol. The maximum absolute atomic E-state index is 12.1. The first kappa shape index (κ1) is 14.7. The van der Waals surface area contributed by atoms with Crippen LogP contribution in [0.3, 0.4) is 0 Å². The molecule has 6 nitrogen and oxygen atoms in total. The van der Waals surface area contributed by atoms with Crippen LogP contribution in [0.25, 0.3) is 0 Å². The highest BCUT2D eigenvalue weighted by atomic mass is 19.4. The topological polar surface area (TPSA) is 82.2 Å². The summed E-state index contributed by atoms with van der Waals surface area (Å²) in [5.74, 6) is -0.870. The fourth-order valence-corrected chi connectivity index (χ4v) is 1.58. The van der Waals surface area contributed by atoms with Gasteiger partial charge in [-0.05, 0) is 12.1 Å². The second kappa shape index (κ2) is 5.73. The van der Waals surface area contributed by atoms with Crippen LogP contribution in [0.2, 0.25) is 0 Å². The SMILES string of the molecule is Nc1cnn(CC(=O)Nc2cccc(OC(F)(F)F)c2)c1. The largest absolute Gasteiger partial charge is 0.573 e. The number of benzene rings is 1. The molecule has 3 N–H and O–H groups in total. The van der Waals surface area contributed by atoms with Crippen LogP contribution in [-0.4, -0.2) is 22.1 Å². The molecule has 2 rings (SSSR count). The van der Waals surface area contributed by atoms with Crippen molar-refractivity contribution in [3.63, 3.8) is 0 Å². The van der Waals surface area contributed by atoms with E-state index in [4.69, 9.17) is 5.73 Å². The molecular formula is C12H11F3N4O2. The van der Waals surface area contributed by atoms with Crippen molar-refractivity contribution >= 4 is 17.3 Å². The van der Waals surface area contributed by atoms with Crippen molar-refractivity contribution in [3.8, 4) is 5.75 Å². The summed E-state index contributed by atoms with van der Waals surface area (Å²) in [6.07, 6.45) is -1.94. The molecule has 0 saturated carbocycles. The number of halogens is 3. The zero-order valence-corrected chi connectivity index (χ0v) is 10.6. The highest BCUT2D eigenvalue weighted by Gasteiger charge is 2.31. The highest BCUT2D eigenvalue weighted by molar-refractivity contribution is 5.90. The minimum Gasteiger partial charge on any atom is -0.406 e. The van der Waals surface area contributed by atoms with Gasteiger partial charge in [0, 0.05) is 18.0 Å². The Labute approximate surface area is 117 Å². The molecule has 0 bridgehead atoms. The van der Waals surface area contributed by atoms with Crippen LogP contribution in [0.1, 0.15) is 0 Å². The van der Waals surface area contributed by atoms with Crippen LogP contribution in [0.5, 0.6) is 5.75 Å². The van der Waals surface area contributed by atoms with E-state index in [0.29, 0.717) is 5.69 Å². The molecule has 0 aliphatic rings. The highest BCUT2D eigenvalue weighted by Crippen LogP contribution is 2.24. The molecule has 21 heavy (non-hydrogen) atoms. The molecule has 0 unspecified atom stereocenters. The Balaban J connectivity index is 1.99. The summed E-state index contributed by atoms with van der Waals surface area (Å²) >= 11 is 0. The van der Waals surface area contributed by atoms with Gasteiger partial charge in [0.2, 0.25) is 5.91 Å². The molecule has 2 aromatic rings. The molecule has 0 fully saturated rings. The molecule has 9 heteroatoms. The maximum atomic E-state index is 12.1. The van der Waals surface area contributed by atoms with Crippen molar-refractivity contribution in [1.82, 2.24) is 9.78 Å². The third-order valence-electron chi connectivity index (χ3n) is 2.31. The average Bonchev–Trinajstić information content (AvgIpc) is 2.72.